The lowest BCUT2D eigenvalue weighted by atomic mass is 10.0. The third-order valence-electron chi connectivity index (χ3n) is 5.01. The molecule has 1 aliphatic heterocycles. The SMILES string of the molecule is COC(=O)c1cnc(NC2CCN(C(=O)OC(C)(C)C)CC2)c(Cc2ccc(F)cc2)n1. The number of hydrogen-bond donors (Lipinski definition) is 1. The molecule has 1 aromatic carbocycles. The Bertz CT molecular complexity index is 951. The van der Waals surface area contributed by atoms with Gasteiger partial charge in [0.1, 0.15) is 17.2 Å². The second kappa shape index (κ2) is 9.93. The summed E-state index contributed by atoms with van der Waals surface area (Å²) in [6.45, 7) is 6.66. The van der Waals surface area contributed by atoms with E-state index in [9.17, 15) is 14.0 Å². The molecule has 1 saturated heterocycles. The molecule has 1 aromatic heterocycles. The number of hydrogen-bond acceptors (Lipinski definition) is 7. The Morgan fingerprint density at radius 1 is 1.19 bits per heavy atom. The fraction of sp³-hybridized carbons (Fsp3) is 0.478. The maximum absolute atomic E-state index is 13.3. The fourth-order valence-corrected chi connectivity index (χ4v) is 3.40. The number of nitrogens with one attached hydrogen (secondary N) is 1. The maximum Gasteiger partial charge on any atom is 0.410 e. The predicted octanol–water partition coefficient (Wildman–Crippen LogP) is 3.80. The molecule has 9 heteroatoms. The molecule has 8 nitrogen and oxygen atoms in total. The first-order valence-corrected chi connectivity index (χ1v) is 10.6. The fourth-order valence-electron chi connectivity index (χ4n) is 3.40. The van der Waals surface area contributed by atoms with Gasteiger partial charge in [-0.25, -0.2) is 23.9 Å². The lowest BCUT2D eigenvalue weighted by molar-refractivity contribution is 0.0210. The largest absolute Gasteiger partial charge is 0.464 e. The van der Waals surface area contributed by atoms with Crippen molar-refractivity contribution in [3.8, 4) is 0 Å². The lowest BCUT2D eigenvalue weighted by Gasteiger charge is -2.34. The van der Waals surface area contributed by atoms with E-state index in [1.165, 1.54) is 25.4 Å². The Kier molecular flexibility index (Phi) is 7.27. The van der Waals surface area contributed by atoms with Gasteiger partial charge in [-0.3, -0.25) is 0 Å². The Morgan fingerprint density at radius 2 is 1.84 bits per heavy atom. The third-order valence-corrected chi connectivity index (χ3v) is 5.01. The van der Waals surface area contributed by atoms with Crippen molar-refractivity contribution in [1.29, 1.82) is 0 Å². The molecule has 3 rings (SSSR count). The molecular formula is C23H29FN4O4. The monoisotopic (exact) mass is 444 g/mol. The summed E-state index contributed by atoms with van der Waals surface area (Å²) in [6, 6.07) is 6.19. The molecule has 0 spiro atoms. The van der Waals surface area contributed by atoms with Gasteiger partial charge in [0.25, 0.3) is 0 Å². The van der Waals surface area contributed by atoms with E-state index in [4.69, 9.17) is 9.47 Å². The van der Waals surface area contributed by atoms with Gasteiger partial charge in [0.15, 0.2) is 5.69 Å². The maximum atomic E-state index is 13.3. The highest BCUT2D eigenvalue weighted by Crippen LogP contribution is 2.22. The highest BCUT2D eigenvalue weighted by Gasteiger charge is 2.27. The van der Waals surface area contributed by atoms with E-state index in [1.807, 2.05) is 20.8 Å². The molecule has 2 heterocycles. The van der Waals surface area contributed by atoms with Gasteiger partial charge in [-0.2, -0.15) is 0 Å². The molecular weight excluding hydrogens is 415 g/mol. The molecule has 1 aliphatic rings. The number of carbonyl (C=O) groups is 2. The number of nitrogens with zero attached hydrogens (tertiary/aromatic N) is 3. The van der Waals surface area contributed by atoms with Crippen LogP contribution in [0.15, 0.2) is 30.5 Å². The minimum absolute atomic E-state index is 0.0823. The average molecular weight is 445 g/mol. The van der Waals surface area contributed by atoms with Gasteiger partial charge in [-0.1, -0.05) is 12.1 Å². The van der Waals surface area contributed by atoms with Crippen LogP contribution in [0.2, 0.25) is 0 Å². The van der Waals surface area contributed by atoms with Gasteiger partial charge in [-0.15, -0.1) is 0 Å². The van der Waals surface area contributed by atoms with Crippen molar-refractivity contribution in [2.45, 2.75) is 51.7 Å². The molecule has 1 amide bonds. The first-order valence-electron chi connectivity index (χ1n) is 10.6. The van der Waals surface area contributed by atoms with E-state index < -0.39 is 11.6 Å². The van der Waals surface area contributed by atoms with Gasteiger partial charge in [0.2, 0.25) is 0 Å². The average Bonchev–Trinajstić information content (AvgIpc) is 2.75. The Hall–Kier alpha value is -3.23. The molecule has 32 heavy (non-hydrogen) atoms. The van der Waals surface area contributed by atoms with Crippen molar-refractivity contribution in [1.82, 2.24) is 14.9 Å². The zero-order valence-electron chi connectivity index (χ0n) is 18.9. The summed E-state index contributed by atoms with van der Waals surface area (Å²) in [5.74, 6) is -0.342. The van der Waals surface area contributed by atoms with Crippen LogP contribution in [0.3, 0.4) is 0 Å². The van der Waals surface area contributed by atoms with E-state index in [-0.39, 0.29) is 23.6 Å². The van der Waals surface area contributed by atoms with E-state index in [2.05, 4.69) is 15.3 Å². The van der Waals surface area contributed by atoms with E-state index >= 15 is 0 Å². The van der Waals surface area contributed by atoms with Gasteiger partial charge in [0.05, 0.1) is 19.0 Å². The summed E-state index contributed by atoms with van der Waals surface area (Å²) >= 11 is 0. The lowest BCUT2D eigenvalue weighted by Crippen LogP contribution is -2.44. The van der Waals surface area contributed by atoms with Gasteiger partial charge in [0, 0.05) is 25.6 Å². The second-order valence-electron chi connectivity index (χ2n) is 8.73. The standard InChI is InChI=1S/C23H29FN4O4/c1-23(2,3)32-22(30)28-11-9-17(10-12-28)26-20-18(13-15-5-7-16(24)8-6-15)27-19(14-25-20)21(29)31-4/h5-8,14,17H,9-13H2,1-4H3,(H,25,26). The van der Waals surface area contributed by atoms with Gasteiger partial charge in [-0.05, 0) is 51.3 Å². The number of likely N-dealkylation sites (tertiary alicyclic amines) is 1. The zero-order chi connectivity index (χ0) is 23.3. The van der Waals surface area contributed by atoms with Crippen LogP contribution in [0, 0.1) is 5.82 Å². The number of anilines is 1. The number of piperidine rings is 1. The van der Waals surface area contributed by atoms with E-state index in [1.54, 1.807) is 17.0 Å². The van der Waals surface area contributed by atoms with Crippen LogP contribution < -0.4 is 5.32 Å². The number of amides is 1. The molecule has 0 atom stereocenters. The normalized spacial score (nSPS) is 14.7. The van der Waals surface area contributed by atoms with Crippen molar-refractivity contribution in [2.75, 3.05) is 25.5 Å². The summed E-state index contributed by atoms with van der Waals surface area (Å²) in [7, 11) is 1.29. The molecule has 0 aliphatic carbocycles. The number of rotatable bonds is 5. The number of esters is 1. The predicted molar refractivity (Wildman–Crippen MR) is 117 cm³/mol. The second-order valence-corrected chi connectivity index (χ2v) is 8.73. The minimum atomic E-state index is -0.574. The van der Waals surface area contributed by atoms with Crippen LogP contribution in [0.5, 0.6) is 0 Å². The number of aromatic nitrogens is 2. The molecule has 0 radical (unpaired) electrons. The van der Waals surface area contributed by atoms with E-state index in [0.29, 0.717) is 31.0 Å². The molecule has 0 unspecified atom stereocenters. The van der Waals surface area contributed by atoms with Crippen LogP contribution in [-0.4, -0.2) is 58.8 Å². The summed E-state index contributed by atoms with van der Waals surface area (Å²) < 4.78 is 23.5. The van der Waals surface area contributed by atoms with Crippen LogP contribution >= 0.6 is 0 Å². The Morgan fingerprint density at radius 3 is 2.44 bits per heavy atom. The first kappa shape index (κ1) is 23.4. The summed E-state index contributed by atoms with van der Waals surface area (Å²) in [6.07, 6.45) is 2.87. The molecule has 172 valence electrons. The quantitative estimate of drug-likeness (QED) is 0.701. The Labute approximate surface area is 187 Å². The van der Waals surface area contributed by atoms with Crippen LogP contribution in [0.4, 0.5) is 15.0 Å². The molecule has 2 aromatic rings. The molecule has 1 N–H and O–H groups in total. The van der Waals surface area contributed by atoms with Crippen molar-refractivity contribution < 1.29 is 23.5 Å². The van der Waals surface area contributed by atoms with Crippen molar-refractivity contribution in [3.05, 3.63) is 53.2 Å². The molecule has 0 bridgehead atoms. The number of halogens is 1. The smallest absolute Gasteiger partial charge is 0.410 e. The van der Waals surface area contributed by atoms with E-state index in [0.717, 1.165) is 18.4 Å². The number of ether oxygens (including phenoxy) is 2. The van der Waals surface area contributed by atoms with Crippen LogP contribution in [-0.2, 0) is 15.9 Å². The molecule has 0 saturated carbocycles. The van der Waals surface area contributed by atoms with Crippen molar-refractivity contribution in [3.63, 3.8) is 0 Å². The molecule has 1 fully saturated rings. The summed E-state index contributed by atoms with van der Waals surface area (Å²) in [5.41, 5.74) is 0.979. The van der Waals surface area contributed by atoms with Crippen LogP contribution in [0.25, 0.3) is 0 Å². The van der Waals surface area contributed by atoms with Gasteiger partial charge < -0.3 is 19.7 Å². The van der Waals surface area contributed by atoms with Crippen LogP contribution in [0.1, 0.15) is 55.4 Å². The van der Waals surface area contributed by atoms with Gasteiger partial charge >= 0.3 is 12.1 Å². The van der Waals surface area contributed by atoms with Crippen molar-refractivity contribution in [2.24, 2.45) is 0 Å². The number of carbonyl (C=O) groups excluding carboxylic acids is 2. The summed E-state index contributed by atoms with van der Waals surface area (Å²) in [4.78, 5) is 34.7. The minimum Gasteiger partial charge on any atom is -0.464 e. The Balaban J connectivity index is 1.71. The zero-order valence-corrected chi connectivity index (χ0v) is 18.9. The van der Waals surface area contributed by atoms with Crippen molar-refractivity contribution >= 4 is 17.9 Å². The highest BCUT2D eigenvalue weighted by molar-refractivity contribution is 5.87. The number of methoxy groups -OCH3 is 1. The summed E-state index contributed by atoms with van der Waals surface area (Å²) in [5, 5.41) is 3.39. The first-order chi connectivity index (χ1) is 15.1. The highest BCUT2D eigenvalue weighted by atomic mass is 19.1. The third kappa shape index (κ3) is 6.38. The number of benzene rings is 1. The topological polar surface area (TPSA) is 93.7 Å².